The maximum Gasteiger partial charge on any atom is 0.352 e. The molecule has 0 spiro atoms. The maximum atomic E-state index is 13.5. The normalized spacial score (nSPS) is 11.1. The van der Waals surface area contributed by atoms with Crippen LogP contribution in [0.1, 0.15) is 27.2 Å². The number of halogens is 2. The monoisotopic (exact) mass is 496 g/mol. The zero-order valence-corrected chi connectivity index (χ0v) is 20.2. The van der Waals surface area contributed by atoms with Crippen LogP contribution in [0.3, 0.4) is 0 Å². The van der Waals surface area contributed by atoms with Gasteiger partial charge in [0.2, 0.25) is 0 Å². The Hall–Kier alpha value is -3.55. The van der Waals surface area contributed by atoms with E-state index in [1.165, 1.54) is 12.1 Å². The lowest BCUT2D eigenvalue weighted by molar-refractivity contribution is 0.0684. The molecule has 0 amide bonds. The largest absolute Gasteiger partial charge is 0.497 e. The van der Waals surface area contributed by atoms with Crippen molar-refractivity contribution in [2.45, 2.75) is 19.5 Å². The summed E-state index contributed by atoms with van der Waals surface area (Å²) in [6, 6.07) is 17.4. The fourth-order valence-electron chi connectivity index (χ4n) is 4.28. The first-order valence-corrected chi connectivity index (χ1v) is 11.5. The quantitative estimate of drug-likeness (QED) is 0.282. The highest BCUT2D eigenvalue weighted by Gasteiger charge is 2.22. The number of carboxylic acid groups (broad SMARTS) is 1. The molecule has 1 heterocycles. The molecule has 0 bridgehead atoms. The number of carbonyl (C=O) groups is 1. The van der Waals surface area contributed by atoms with Crippen molar-refractivity contribution in [1.82, 2.24) is 9.88 Å². The van der Waals surface area contributed by atoms with Crippen molar-refractivity contribution in [2.24, 2.45) is 0 Å². The number of aromatic nitrogens is 1. The number of carboxylic acids is 1. The molecule has 4 aromatic rings. The first-order chi connectivity index (χ1) is 16.9. The van der Waals surface area contributed by atoms with E-state index >= 15 is 0 Å². The molecule has 182 valence electrons. The van der Waals surface area contributed by atoms with E-state index in [4.69, 9.17) is 21.1 Å². The third kappa shape index (κ3) is 5.26. The van der Waals surface area contributed by atoms with E-state index in [9.17, 15) is 14.3 Å². The highest BCUT2D eigenvalue weighted by Crippen LogP contribution is 2.29. The van der Waals surface area contributed by atoms with Gasteiger partial charge in [0.05, 0.1) is 14.2 Å². The van der Waals surface area contributed by atoms with Gasteiger partial charge in [-0.1, -0.05) is 41.9 Å². The van der Waals surface area contributed by atoms with E-state index < -0.39 is 11.8 Å². The summed E-state index contributed by atoms with van der Waals surface area (Å²) >= 11 is 6.24. The number of methoxy groups -OCH3 is 2. The first kappa shape index (κ1) is 24.6. The average Bonchev–Trinajstić information content (AvgIpc) is 3.17. The predicted molar refractivity (Wildman–Crippen MR) is 134 cm³/mol. The average molecular weight is 497 g/mol. The molecule has 8 heteroatoms. The Morgan fingerprint density at radius 1 is 1.06 bits per heavy atom. The van der Waals surface area contributed by atoms with Crippen molar-refractivity contribution in [3.8, 4) is 11.5 Å². The minimum Gasteiger partial charge on any atom is -0.497 e. The number of rotatable bonds is 10. The highest BCUT2D eigenvalue weighted by molar-refractivity contribution is 6.31. The Morgan fingerprint density at radius 3 is 2.54 bits per heavy atom. The van der Waals surface area contributed by atoms with Crippen LogP contribution in [-0.4, -0.2) is 36.4 Å². The SMILES string of the molecule is COc1ccc(CCNCc2c(C(=O)O)n(Cc3ccc(F)cc3Cl)c3ccccc23)c(OC)c1. The summed E-state index contributed by atoms with van der Waals surface area (Å²) in [4.78, 5) is 12.4. The Labute approximate surface area is 207 Å². The molecule has 2 N–H and O–H groups in total. The molecule has 0 atom stereocenters. The minimum absolute atomic E-state index is 0.182. The Bertz CT molecular complexity index is 1370. The van der Waals surface area contributed by atoms with Gasteiger partial charge in [-0.15, -0.1) is 0 Å². The molecule has 0 saturated carbocycles. The van der Waals surface area contributed by atoms with Crippen LogP contribution < -0.4 is 14.8 Å². The third-order valence-corrected chi connectivity index (χ3v) is 6.34. The van der Waals surface area contributed by atoms with Crippen molar-refractivity contribution in [3.63, 3.8) is 0 Å². The summed E-state index contributed by atoms with van der Waals surface area (Å²) in [5.41, 5.74) is 3.31. The number of nitrogens with zero attached hydrogens (tertiary/aromatic N) is 1. The zero-order valence-electron chi connectivity index (χ0n) is 19.5. The summed E-state index contributed by atoms with van der Waals surface area (Å²) in [5.74, 6) is -0.00936. The van der Waals surface area contributed by atoms with Crippen molar-refractivity contribution in [3.05, 3.63) is 93.9 Å². The van der Waals surface area contributed by atoms with Gasteiger partial charge in [-0.2, -0.15) is 0 Å². The van der Waals surface area contributed by atoms with E-state index in [0.717, 1.165) is 28.0 Å². The summed E-state index contributed by atoms with van der Waals surface area (Å²) in [6.45, 7) is 1.19. The van der Waals surface area contributed by atoms with Gasteiger partial charge in [-0.25, -0.2) is 9.18 Å². The fraction of sp³-hybridized carbons (Fsp3) is 0.222. The number of fused-ring (bicyclic) bond motifs is 1. The molecule has 0 radical (unpaired) electrons. The van der Waals surface area contributed by atoms with E-state index in [0.29, 0.717) is 30.6 Å². The van der Waals surface area contributed by atoms with E-state index in [-0.39, 0.29) is 17.3 Å². The van der Waals surface area contributed by atoms with E-state index in [1.807, 2.05) is 42.5 Å². The Morgan fingerprint density at radius 2 is 1.83 bits per heavy atom. The van der Waals surface area contributed by atoms with Gasteiger partial charge in [0.15, 0.2) is 0 Å². The van der Waals surface area contributed by atoms with Crippen LogP contribution >= 0.6 is 11.6 Å². The second kappa shape index (κ2) is 10.8. The minimum atomic E-state index is -1.03. The van der Waals surface area contributed by atoms with Gasteiger partial charge in [-0.05, 0) is 48.4 Å². The molecule has 0 unspecified atom stereocenters. The van der Waals surface area contributed by atoms with Crippen molar-refractivity contribution < 1.29 is 23.8 Å². The number of hydrogen-bond acceptors (Lipinski definition) is 4. The molecule has 0 fully saturated rings. The molecule has 4 rings (SSSR count). The number of aromatic carboxylic acids is 1. The fourth-order valence-corrected chi connectivity index (χ4v) is 4.50. The lowest BCUT2D eigenvalue weighted by Gasteiger charge is -2.12. The molecule has 0 aliphatic rings. The number of nitrogens with one attached hydrogen (secondary N) is 1. The Kier molecular flexibility index (Phi) is 7.58. The van der Waals surface area contributed by atoms with Crippen molar-refractivity contribution in [1.29, 1.82) is 0 Å². The van der Waals surface area contributed by atoms with Crippen LogP contribution in [0.2, 0.25) is 5.02 Å². The van der Waals surface area contributed by atoms with Crippen molar-refractivity contribution in [2.75, 3.05) is 20.8 Å². The molecular formula is C27H26ClFN2O4. The molecule has 35 heavy (non-hydrogen) atoms. The molecule has 0 aliphatic heterocycles. The summed E-state index contributed by atoms with van der Waals surface area (Å²) < 4.78 is 26.0. The summed E-state index contributed by atoms with van der Waals surface area (Å²) in [7, 11) is 3.23. The standard InChI is InChI=1S/C27H26ClFN2O4/c1-34-20-10-8-17(25(14-20)35-2)11-12-30-15-22-21-5-3-4-6-24(21)31(26(22)27(32)33)16-18-7-9-19(29)13-23(18)28/h3-10,13-14,30H,11-12,15-16H2,1-2H3,(H,32,33). The Balaban J connectivity index is 1.59. The number of hydrogen-bond donors (Lipinski definition) is 2. The first-order valence-electron chi connectivity index (χ1n) is 11.1. The number of ether oxygens (including phenoxy) is 2. The second-order valence-electron chi connectivity index (χ2n) is 8.08. The lowest BCUT2D eigenvalue weighted by atomic mass is 10.1. The van der Waals surface area contributed by atoms with Gasteiger partial charge in [0, 0.05) is 40.6 Å². The predicted octanol–water partition coefficient (Wildman–Crippen LogP) is 5.53. The van der Waals surface area contributed by atoms with E-state index in [1.54, 1.807) is 24.9 Å². The zero-order chi connectivity index (χ0) is 24.9. The van der Waals surface area contributed by atoms with Gasteiger partial charge in [-0.3, -0.25) is 0 Å². The van der Waals surface area contributed by atoms with E-state index in [2.05, 4.69) is 5.32 Å². The van der Waals surface area contributed by atoms with Crippen LogP contribution in [-0.2, 0) is 19.5 Å². The topological polar surface area (TPSA) is 72.7 Å². The molecule has 3 aromatic carbocycles. The van der Waals surface area contributed by atoms with Crippen LogP contribution in [0.5, 0.6) is 11.5 Å². The van der Waals surface area contributed by atoms with Crippen LogP contribution in [0.25, 0.3) is 10.9 Å². The highest BCUT2D eigenvalue weighted by atomic mass is 35.5. The van der Waals surface area contributed by atoms with Crippen LogP contribution in [0, 0.1) is 5.82 Å². The van der Waals surface area contributed by atoms with Crippen LogP contribution in [0.4, 0.5) is 4.39 Å². The molecular weight excluding hydrogens is 471 g/mol. The summed E-state index contributed by atoms with van der Waals surface area (Å²) in [6.07, 6.45) is 0.694. The van der Waals surface area contributed by atoms with Gasteiger partial charge >= 0.3 is 5.97 Å². The molecule has 6 nitrogen and oxygen atoms in total. The molecule has 0 saturated heterocycles. The number of para-hydroxylation sites is 1. The second-order valence-corrected chi connectivity index (χ2v) is 8.48. The molecule has 1 aromatic heterocycles. The smallest absolute Gasteiger partial charge is 0.352 e. The van der Waals surface area contributed by atoms with Crippen molar-refractivity contribution >= 4 is 28.5 Å². The number of benzene rings is 3. The maximum absolute atomic E-state index is 13.5. The van der Waals surface area contributed by atoms with Gasteiger partial charge in [0.1, 0.15) is 23.0 Å². The summed E-state index contributed by atoms with van der Waals surface area (Å²) in [5, 5.41) is 14.6. The molecule has 0 aliphatic carbocycles. The third-order valence-electron chi connectivity index (χ3n) is 5.99. The van der Waals surface area contributed by atoms with Gasteiger partial charge < -0.3 is 24.5 Å². The van der Waals surface area contributed by atoms with Gasteiger partial charge in [0.25, 0.3) is 0 Å². The van der Waals surface area contributed by atoms with Crippen LogP contribution in [0.15, 0.2) is 60.7 Å². The lowest BCUT2D eigenvalue weighted by Crippen LogP contribution is -2.19.